The summed E-state index contributed by atoms with van der Waals surface area (Å²) in [6.45, 7) is 6.30. The number of ether oxygens (including phenoxy) is 2. The van der Waals surface area contributed by atoms with Crippen molar-refractivity contribution in [3.63, 3.8) is 0 Å². The normalized spacial score (nSPS) is 19.8. The van der Waals surface area contributed by atoms with Crippen LogP contribution >= 0.6 is 11.6 Å². The molecule has 1 N–H and O–H groups in total. The zero-order chi connectivity index (χ0) is 12.4. The van der Waals surface area contributed by atoms with Crippen LogP contribution in [0.15, 0.2) is 12.1 Å². The van der Waals surface area contributed by atoms with Crippen molar-refractivity contribution in [2.75, 3.05) is 39.4 Å². The molecule has 0 aliphatic carbocycles. The minimum absolute atomic E-state index is 0.573. The lowest BCUT2D eigenvalue weighted by Gasteiger charge is -2.29. The Morgan fingerprint density at radius 1 is 1.11 bits per heavy atom. The lowest BCUT2D eigenvalue weighted by molar-refractivity contribution is 0.165. The maximum Gasteiger partial charge on any atom is 0.180 e. The van der Waals surface area contributed by atoms with E-state index in [0.29, 0.717) is 24.0 Å². The molecule has 0 bridgehead atoms. The molecule has 2 aliphatic rings. The van der Waals surface area contributed by atoms with Crippen LogP contribution in [-0.2, 0) is 6.54 Å². The third-order valence-electron chi connectivity index (χ3n) is 3.33. The van der Waals surface area contributed by atoms with Crippen LogP contribution in [0.4, 0.5) is 0 Å². The van der Waals surface area contributed by atoms with Gasteiger partial charge in [-0.05, 0) is 6.07 Å². The summed E-state index contributed by atoms with van der Waals surface area (Å²) in [4.78, 5) is 2.41. The van der Waals surface area contributed by atoms with Gasteiger partial charge in [0, 0.05) is 38.3 Å². The fraction of sp³-hybridized carbons (Fsp3) is 0.538. The van der Waals surface area contributed by atoms with E-state index in [1.807, 2.05) is 12.1 Å². The molecule has 4 nitrogen and oxygen atoms in total. The number of hydrogen-bond donors (Lipinski definition) is 1. The van der Waals surface area contributed by atoms with Crippen LogP contribution in [0.3, 0.4) is 0 Å². The minimum atomic E-state index is 0.573. The van der Waals surface area contributed by atoms with Gasteiger partial charge in [-0.2, -0.15) is 0 Å². The van der Waals surface area contributed by atoms with Gasteiger partial charge in [-0.15, -0.1) is 0 Å². The largest absolute Gasteiger partial charge is 0.486 e. The Kier molecular flexibility index (Phi) is 3.59. The number of benzene rings is 1. The summed E-state index contributed by atoms with van der Waals surface area (Å²) in [6.07, 6.45) is 0. The van der Waals surface area contributed by atoms with Crippen LogP contribution in [0.1, 0.15) is 5.56 Å². The van der Waals surface area contributed by atoms with Gasteiger partial charge in [0.1, 0.15) is 13.2 Å². The molecule has 3 rings (SSSR count). The molecular weight excluding hydrogens is 252 g/mol. The van der Waals surface area contributed by atoms with Gasteiger partial charge in [0.15, 0.2) is 11.5 Å². The highest BCUT2D eigenvalue weighted by atomic mass is 35.5. The van der Waals surface area contributed by atoms with E-state index in [2.05, 4.69) is 10.2 Å². The lowest BCUT2D eigenvalue weighted by atomic mass is 10.1. The van der Waals surface area contributed by atoms with Crippen LogP contribution in [0.2, 0.25) is 5.02 Å². The Hall–Kier alpha value is -0.970. The Bertz CT molecular complexity index is 433. The Morgan fingerprint density at radius 2 is 1.83 bits per heavy atom. The molecule has 0 unspecified atom stereocenters. The zero-order valence-corrected chi connectivity index (χ0v) is 11.0. The van der Waals surface area contributed by atoms with Gasteiger partial charge >= 0.3 is 0 Å². The molecule has 1 aromatic carbocycles. The highest BCUT2D eigenvalue weighted by Crippen LogP contribution is 2.40. The minimum Gasteiger partial charge on any atom is -0.486 e. The van der Waals surface area contributed by atoms with Gasteiger partial charge < -0.3 is 14.8 Å². The van der Waals surface area contributed by atoms with E-state index >= 15 is 0 Å². The molecule has 0 radical (unpaired) electrons. The van der Waals surface area contributed by atoms with Crippen molar-refractivity contribution >= 4 is 11.6 Å². The van der Waals surface area contributed by atoms with Crippen LogP contribution in [0.25, 0.3) is 0 Å². The highest BCUT2D eigenvalue weighted by Gasteiger charge is 2.21. The van der Waals surface area contributed by atoms with E-state index in [9.17, 15) is 0 Å². The first-order valence-electron chi connectivity index (χ1n) is 6.34. The number of piperazine rings is 1. The van der Waals surface area contributed by atoms with Gasteiger partial charge in [0.05, 0.1) is 5.02 Å². The van der Waals surface area contributed by atoms with Crippen molar-refractivity contribution in [3.05, 3.63) is 22.7 Å². The second kappa shape index (κ2) is 5.34. The molecule has 1 saturated heterocycles. The number of nitrogens with one attached hydrogen (secondary N) is 1. The van der Waals surface area contributed by atoms with E-state index in [1.54, 1.807) is 0 Å². The van der Waals surface area contributed by atoms with E-state index < -0.39 is 0 Å². The van der Waals surface area contributed by atoms with Crippen LogP contribution in [-0.4, -0.2) is 44.3 Å². The van der Waals surface area contributed by atoms with E-state index in [1.165, 1.54) is 0 Å². The summed E-state index contributed by atoms with van der Waals surface area (Å²) < 4.78 is 11.3. The fourth-order valence-corrected chi connectivity index (χ4v) is 2.60. The summed E-state index contributed by atoms with van der Waals surface area (Å²) in [5, 5.41) is 3.99. The SMILES string of the molecule is Clc1ccc(CN2CCNCC2)c2c1OCCO2. The van der Waals surface area contributed by atoms with E-state index in [0.717, 1.165) is 44.0 Å². The molecule has 0 amide bonds. The van der Waals surface area contributed by atoms with Gasteiger partial charge in [0.25, 0.3) is 0 Å². The second-order valence-electron chi connectivity index (χ2n) is 4.59. The molecular formula is C13H17ClN2O2. The summed E-state index contributed by atoms with van der Waals surface area (Å²) in [6, 6.07) is 3.93. The molecule has 5 heteroatoms. The molecule has 0 atom stereocenters. The standard InChI is InChI=1S/C13H17ClN2O2/c14-11-2-1-10(9-16-5-3-15-4-6-16)12-13(11)18-8-7-17-12/h1-2,15H,3-9H2. The average Bonchev–Trinajstić information content (AvgIpc) is 2.44. The lowest BCUT2D eigenvalue weighted by Crippen LogP contribution is -2.43. The monoisotopic (exact) mass is 268 g/mol. The Labute approximate surface area is 112 Å². The van der Waals surface area contributed by atoms with Crippen molar-refractivity contribution in [1.29, 1.82) is 0 Å². The van der Waals surface area contributed by atoms with Crippen LogP contribution in [0, 0.1) is 0 Å². The third kappa shape index (κ3) is 2.41. The van der Waals surface area contributed by atoms with Crippen molar-refractivity contribution in [1.82, 2.24) is 10.2 Å². The van der Waals surface area contributed by atoms with Crippen molar-refractivity contribution in [2.45, 2.75) is 6.54 Å². The van der Waals surface area contributed by atoms with Crippen molar-refractivity contribution in [3.8, 4) is 11.5 Å². The third-order valence-corrected chi connectivity index (χ3v) is 3.62. The zero-order valence-electron chi connectivity index (χ0n) is 10.2. The van der Waals surface area contributed by atoms with Crippen molar-refractivity contribution < 1.29 is 9.47 Å². The maximum atomic E-state index is 6.13. The Balaban J connectivity index is 1.82. The average molecular weight is 269 g/mol. The molecule has 18 heavy (non-hydrogen) atoms. The summed E-state index contributed by atoms with van der Waals surface area (Å²) in [5.74, 6) is 1.53. The number of nitrogens with zero attached hydrogens (tertiary/aromatic N) is 1. The van der Waals surface area contributed by atoms with Gasteiger partial charge in [-0.25, -0.2) is 0 Å². The molecule has 1 aromatic rings. The van der Waals surface area contributed by atoms with Gasteiger partial charge in [-0.1, -0.05) is 17.7 Å². The summed E-state index contributed by atoms with van der Waals surface area (Å²) in [7, 11) is 0. The van der Waals surface area contributed by atoms with Crippen LogP contribution < -0.4 is 14.8 Å². The highest BCUT2D eigenvalue weighted by molar-refractivity contribution is 6.32. The quantitative estimate of drug-likeness (QED) is 0.882. The topological polar surface area (TPSA) is 33.7 Å². The summed E-state index contributed by atoms with van der Waals surface area (Å²) in [5.41, 5.74) is 1.16. The molecule has 0 aromatic heterocycles. The number of halogens is 1. The molecule has 0 saturated carbocycles. The fourth-order valence-electron chi connectivity index (χ4n) is 2.39. The smallest absolute Gasteiger partial charge is 0.180 e. The first-order chi connectivity index (χ1) is 8.84. The van der Waals surface area contributed by atoms with Crippen LogP contribution in [0.5, 0.6) is 11.5 Å². The van der Waals surface area contributed by atoms with Crippen molar-refractivity contribution in [2.24, 2.45) is 0 Å². The number of hydrogen-bond acceptors (Lipinski definition) is 4. The second-order valence-corrected chi connectivity index (χ2v) is 5.00. The first-order valence-corrected chi connectivity index (χ1v) is 6.72. The predicted molar refractivity (Wildman–Crippen MR) is 70.6 cm³/mol. The number of rotatable bonds is 2. The van der Waals surface area contributed by atoms with E-state index in [-0.39, 0.29) is 0 Å². The molecule has 2 aliphatic heterocycles. The molecule has 2 heterocycles. The van der Waals surface area contributed by atoms with Gasteiger partial charge in [-0.3, -0.25) is 4.90 Å². The number of fused-ring (bicyclic) bond motifs is 1. The van der Waals surface area contributed by atoms with Gasteiger partial charge in [0.2, 0.25) is 0 Å². The first kappa shape index (κ1) is 12.1. The molecule has 0 spiro atoms. The van der Waals surface area contributed by atoms with E-state index in [4.69, 9.17) is 21.1 Å². The predicted octanol–water partition coefficient (Wildman–Crippen LogP) is 1.52. The maximum absolute atomic E-state index is 6.13. The molecule has 1 fully saturated rings. The summed E-state index contributed by atoms with van der Waals surface area (Å²) >= 11 is 6.13. The molecule has 98 valence electrons. The Morgan fingerprint density at radius 3 is 2.61 bits per heavy atom.